The fourth-order valence-electron chi connectivity index (χ4n) is 2.63. The van der Waals surface area contributed by atoms with Crippen molar-refractivity contribution < 1.29 is 4.79 Å². The summed E-state index contributed by atoms with van der Waals surface area (Å²) in [6, 6.07) is 10.8. The van der Waals surface area contributed by atoms with E-state index in [0.29, 0.717) is 11.8 Å². The van der Waals surface area contributed by atoms with Gasteiger partial charge in [-0.15, -0.1) is 0 Å². The summed E-state index contributed by atoms with van der Waals surface area (Å²) in [6.45, 7) is 7.32. The lowest BCUT2D eigenvalue weighted by Gasteiger charge is -2.18. The van der Waals surface area contributed by atoms with Gasteiger partial charge in [-0.3, -0.25) is 9.69 Å². The van der Waals surface area contributed by atoms with Gasteiger partial charge in [0.15, 0.2) is 5.78 Å². The number of rotatable bonds is 6. The van der Waals surface area contributed by atoms with Crippen LogP contribution in [0, 0.1) is 0 Å². The molecule has 0 spiro atoms. The molecule has 0 N–H and O–H groups in total. The summed E-state index contributed by atoms with van der Waals surface area (Å²) in [6.07, 6.45) is 2.84. The SMILES string of the molecule is CCCCC(=O)[C@]1(C)CN1[C@@H](C)c1ccccc1. The smallest absolute Gasteiger partial charge is 0.154 e. The van der Waals surface area contributed by atoms with Crippen molar-refractivity contribution >= 4 is 5.78 Å². The first-order chi connectivity index (χ1) is 8.59. The number of hydrogen-bond donors (Lipinski definition) is 0. The van der Waals surface area contributed by atoms with Crippen molar-refractivity contribution in [2.75, 3.05) is 6.54 Å². The molecule has 2 heteroatoms. The maximum absolute atomic E-state index is 12.2. The van der Waals surface area contributed by atoms with Gasteiger partial charge in [0, 0.05) is 19.0 Å². The molecule has 1 heterocycles. The molecule has 0 aliphatic carbocycles. The zero-order chi connectivity index (χ0) is 13.2. The van der Waals surface area contributed by atoms with Crippen LogP contribution in [0.4, 0.5) is 0 Å². The average molecular weight is 245 g/mol. The van der Waals surface area contributed by atoms with Crippen molar-refractivity contribution in [2.24, 2.45) is 0 Å². The molecule has 2 nitrogen and oxygen atoms in total. The fraction of sp³-hybridized carbons (Fsp3) is 0.562. The topological polar surface area (TPSA) is 20.1 Å². The maximum Gasteiger partial charge on any atom is 0.154 e. The van der Waals surface area contributed by atoms with E-state index < -0.39 is 0 Å². The average Bonchev–Trinajstić information content (AvgIpc) is 3.10. The van der Waals surface area contributed by atoms with E-state index in [1.54, 1.807) is 0 Å². The summed E-state index contributed by atoms with van der Waals surface area (Å²) < 4.78 is 0. The van der Waals surface area contributed by atoms with Crippen LogP contribution in [0.25, 0.3) is 0 Å². The van der Waals surface area contributed by atoms with E-state index in [0.717, 1.165) is 25.8 Å². The monoisotopic (exact) mass is 245 g/mol. The van der Waals surface area contributed by atoms with Gasteiger partial charge in [0.25, 0.3) is 0 Å². The van der Waals surface area contributed by atoms with E-state index in [-0.39, 0.29) is 5.54 Å². The summed E-state index contributed by atoms with van der Waals surface area (Å²) in [4.78, 5) is 14.5. The van der Waals surface area contributed by atoms with Gasteiger partial charge < -0.3 is 0 Å². The Morgan fingerprint density at radius 3 is 2.67 bits per heavy atom. The number of carbonyl (C=O) groups is 1. The Balaban J connectivity index is 1.99. The zero-order valence-corrected chi connectivity index (χ0v) is 11.6. The number of nitrogens with zero attached hydrogens (tertiary/aromatic N) is 1. The first-order valence-electron chi connectivity index (χ1n) is 6.94. The van der Waals surface area contributed by atoms with Crippen LogP contribution in [0.2, 0.25) is 0 Å². The van der Waals surface area contributed by atoms with Gasteiger partial charge >= 0.3 is 0 Å². The van der Waals surface area contributed by atoms with Crippen LogP contribution in [0.5, 0.6) is 0 Å². The highest BCUT2D eigenvalue weighted by molar-refractivity contribution is 5.91. The lowest BCUT2D eigenvalue weighted by atomic mass is 10.0. The number of Topliss-reactive ketones (excluding diaryl/α,β-unsaturated/α-hetero) is 1. The number of hydrogen-bond acceptors (Lipinski definition) is 2. The summed E-state index contributed by atoms with van der Waals surface area (Å²) >= 11 is 0. The van der Waals surface area contributed by atoms with E-state index in [4.69, 9.17) is 0 Å². The first-order valence-corrected chi connectivity index (χ1v) is 6.94. The Bertz CT molecular complexity index is 414. The number of benzene rings is 1. The molecule has 3 atom stereocenters. The van der Waals surface area contributed by atoms with E-state index in [2.05, 4.69) is 49.9 Å². The van der Waals surface area contributed by atoms with Crippen molar-refractivity contribution in [3.63, 3.8) is 0 Å². The first kappa shape index (κ1) is 13.3. The highest BCUT2D eigenvalue weighted by Gasteiger charge is 2.54. The standard InChI is InChI=1S/C16H23NO/c1-4-5-11-15(18)16(3)12-17(16)13(2)14-9-7-6-8-10-14/h6-10,13H,4-5,11-12H2,1-3H3/t13-,16-,17?/m0/s1. The van der Waals surface area contributed by atoms with Crippen molar-refractivity contribution in [1.82, 2.24) is 4.90 Å². The molecule has 0 aromatic heterocycles. The second kappa shape index (κ2) is 5.23. The van der Waals surface area contributed by atoms with Gasteiger partial charge in [0.05, 0.1) is 5.54 Å². The molecule has 2 rings (SSSR count). The minimum Gasteiger partial charge on any atom is -0.298 e. The van der Waals surface area contributed by atoms with Crippen molar-refractivity contribution in [3.05, 3.63) is 35.9 Å². The van der Waals surface area contributed by atoms with Crippen LogP contribution in [0.3, 0.4) is 0 Å². The number of unbranched alkanes of at least 4 members (excludes halogenated alkanes) is 1. The molecule has 98 valence electrons. The second-order valence-electron chi connectivity index (χ2n) is 5.52. The Kier molecular flexibility index (Phi) is 3.86. The van der Waals surface area contributed by atoms with E-state index in [1.165, 1.54) is 5.56 Å². The normalized spacial score (nSPS) is 27.8. The van der Waals surface area contributed by atoms with Crippen molar-refractivity contribution in [2.45, 2.75) is 51.6 Å². The highest BCUT2D eigenvalue weighted by atomic mass is 16.1. The molecule has 1 aromatic rings. The minimum atomic E-state index is -0.204. The third kappa shape index (κ3) is 2.49. The molecule has 1 fully saturated rings. The lowest BCUT2D eigenvalue weighted by Crippen LogP contribution is -2.27. The number of carbonyl (C=O) groups excluding carboxylic acids is 1. The zero-order valence-electron chi connectivity index (χ0n) is 11.6. The Labute approximate surface area is 110 Å². The lowest BCUT2D eigenvalue weighted by molar-refractivity contribution is -0.122. The predicted octanol–water partition coefficient (Wildman–Crippen LogP) is 3.58. The highest BCUT2D eigenvalue weighted by Crippen LogP contribution is 2.42. The molecule has 18 heavy (non-hydrogen) atoms. The Morgan fingerprint density at radius 1 is 1.39 bits per heavy atom. The van der Waals surface area contributed by atoms with E-state index in [1.807, 2.05) is 6.07 Å². The summed E-state index contributed by atoms with van der Waals surface area (Å²) in [5.41, 5.74) is 1.09. The number of ketones is 1. The minimum absolute atomic E-state index is 0.204. The summed E-state index contributed by atoms with van der Waals surface area (Å²) in [7, 11) is 0. The molecule has 1 unspecified atom stereocenters. The molecule has 1 aliphatic heterocycles. The van der Waals surface area contributed by atoms with Crippen LogP contribution >= 0.6 is 0 Å². The maximum atomic E-state index is 12.2. The van der Waals surface area contributed by atoms with E-state index >= 15 is 0 Å². The molecular weight excluding hydrogens is 222 g/mol. The molecule has 0 bridgehead atoms. The van der Waals surface area contributed by atoms with Crippen LogP contribution in [-0.2, 0) is 4.79 Å². The molecule has 1 saturated heterocycles. The fourth-order valence-corrected chi connectivity index (χ4v) is 2.63. The van der Waals surface area contributed by atoms with Gasteiger partial charge in [-0.25, -0.2) is 0 Å². The Hall–Kier alpha value is -1.15. The van der Waals surface area contributed by atoms with Crippen molar-refractivity contribution in [1.29, 1.82) is 0 Å². The summed E-state index contributed by atoms with van der Waals surface area (Å²) in [5, 5.41) is 0. The molecule has 1 aliphatic rings. The van der Waals surface area contributed by atoms with Gasteiger partial charge in [0.2, 0.25) is 0 Å². The second-order valence-corrected chi connectivity index (χ2v) is 5.52. The molecule has 0 radical (unpaired) electrons. The van der Waals surface area contributed by atoms with Crippen LogP contribution in [-0.4, -0.2) is 22.8 Å². The molecule has 1 aromatic carbocycles. The summed E-state index contributed by atoms with van der Waals surface area (Å²) in [5.74, 6) is 0.409. The third-order valence-corrected chi connectivity index (χ3v) is 4.12. The largest absolute Gasteiger partial charge is 0.298 e. The quantitative estimate of drug-likeness (QED) is 0.714. The van der Waals surface area contributed by atoms with Gasteiger partial charge in [-0.05, 0) is 25.8 Å². The molecule has 0 saturated carbocycles. The van der Waals surface area contributed by atoms with E-state index in [9.17, 15) is 4.79 Å². The molecule has 0 amide bonds. The van der Waals surface area contributed by atoms with Crippen LogP contribution in [0.1, 0.15) is 51.6 Å². The van der Waals surface area contributed by atoms with Gasteiger partial charge in [-0.1, -0.05) is 43.7 Å². The van der Waals surface area contributed by atoms with Gasteiger partial charge in [0.1, 0.15) is 0 Å². The molecular formula is C16H23NO. The van der Waals surface area contributed by atoms with Crippen molar-refractivity contribution in [3.8, 4) is 0 Å². The Morgan fingerprint density at radius 2 is 2.06 bits per heavy atom. The van der Waals surface area contributed by atoms with Crippen LogP contribution in [0.15, 0.2) is 30.3 Å². The third-order valence-electron chi connectivity index (χ3n) is 4.12. The predicted molar refractivity (Wildman–Crippen MR) is 74.5 cm³/mol. The van der Waals surface area contributed by atoms with Crippen LogP contribution < -0.4 is 0 Å². The van der Waals surface area contributed by atoms with Gasteiger partial charge in [-0.2, -0.15) is 0 Å².